The van der Waals surface area contributed by atoms with Gasteiger partial charge >= 0.3 is 5.97 Å². The van der Waals surface area contributed by atoms with Crippen molar-refractivity contribution in [3.8, 4) is 6.07 Å². The minimum absolute atomic E-state index is 0.0330. The lowest BCUT2D eigenvalue weighted by Gasteiger charge is -2.16. The van der Waals surface area contributed by atoms with E-state index in [9.17, 15) is 4.79 Å². The summed E-state index contributed by atoms with van der Waals surface area (Å²) >= 11 is 0. The molecule has 1 aromatic heterocycles. The number of nitrogens with zero attached hydrogens (tertiary/aromatic N) is 2. The molecule has 0 fully saturated rings. The molecule has 0 aliphatic heterocycles. The summed E-state index contributed by atoms with van der Waals surface area (Å²) in [5.41, 5.74) is 2.71. The zero-order valence-electron chi connectivity index (χ0n) is 11.8. The number of methoxy groups -OCH3 is 1. The number of anilines is 1. The van der Waals surface area contributed by atoms with E-state index in [0.29, 0.717) is 5.56 Å². The minimum atomic E-state index is -0.468. The predicted octanol–water partition coefficient (Wildman–Crippen LogP) is 2.91. The summed E-state index contributed by atoms with van der Waals surface area (Å²) in [4.78, 5) is 15.4. The van der Waals surface area contributed by atoms with Gasteiger partial charge in [-0.25, -0.2) is 9.78 Å². The first-order chi connectivity index (χ1) is 10.1. The van der Waals surface area contributed by atoms with Crippen LogP contribution in [0.15, 0.2) is 42.6 Å². The lowest BCUT2D eigenvalue weighted by atomic mass is 10.1. The maximum Gasteiger partial charge on any atom is 0.356 e. The molecule has 5 heteroatoms. The first-order valence-corrected chi connectivity index (χ1v) is 6.45. The topological polar surface area (TPSA) is 75.0 Å². The minimum Gasteiger partial charge on any atom is -0.464 e. The van der Waals surface area contributed by atoms with E-state index in [-0.39, 0.29) is 11.7 Å². The first kappa shape index (κ1) is 14.5. The van der Waals surface area contributed by atoms with Gasteiger partial charge in [0.1, 0.15) is 5.69 Å². The smallest absolute Gasteiger partial charge is 0.356 e. The van der Waals surface area contributed by atoms with Gasteiger partial charge in [-0.2, -0.15) is 5.26 Å². The average molecular weight is 281 g/mol. The van der Waals surface area contributed by atoms with E-state index >= 15 is 0 Å². The summed E-state index contributed by atoms with van der Waals surface area (Å²) in [5.74, 6) is -0.468. The fourth-order valence-electron chi connectivity index (χ4n) is 1.92. The molecule has 2 aromatic rings. The van der Waals surface area contributed by atoms with Crippen molar-refractivity contribution in [3.05, 3.63) is 59.4 Å². The fraction of sp³-hybridized carbons (Fsp3) is 0.188. The fourth-order valence-corrected chi connectivity index (χ4v) is 1.92. The normalized spacial score (nSPS) is 11.3. The van der Waals surface area contributed by atoms with Crippen LogP contribution in [0.4, 0.5) is 5.69 Å². The van der Waals surface area contributed by atoms with Crippen molar-refractivity contribution in [2.24, 2.45) is 0 Å². The maximum absolute atomic E-state index is 11.4. The van der Waals surface area contributed by atoms with Gasteiger partial charge in [0.05, 0.1) is 18.7 Å². The Morgan fingerprint density at radius 3 is 2.67 bits per heavy atom. The molecule has 0 spiro atoms. The van der Waals surface area contributed by atoms with E-state index in [1.54, 1.807) is 30.5 Å². The Hall–Kier alpha value is -2.87. The Balaban J connectivity index is 2.13. The van der Waals surface area contributed by atoms with E-state index in [4.69, 9.17) is 5.26 Å². The van der Waals surface area contributed by atoms with Crippen LogP contribution in [0.2, 0.25) is 0 Å². The van der Waals surface area contributed by atoms with Gasteiger partial charge in [0.15, 0.2) is 0 Å². The van der Waals surface area contributed by atoms with Gasteiger partial charge in [-0.3, -0.25) is 0 Å². The Labute approximate surface area is 123 Å². The van der Waals surface area contributed by atoms with Crippen LogP contribution in [-0.2, 0) is 4.74 Å². The number of benzene rings is 1. The number of esters is 1. The van der Waals surface area contributed by atoms with Crippen molar-refractivity contribution in [1.82, 2.24) is 4.98 Å². The van der Waals surface area contributed by atoms with Gasteiger partial charge in [0.25, 0.3) is 0 Å². The van der Waals surface area contributed by atoms with Crippen molar-refractivity contribution in [3.63, 3.8) is 0 Å². The van der Waals surface area contributed by atoms with Gasteiger partial charge in [0.2, 0.25) is 0 Å². The highest BCUT2D eigenvalue weighted by Crippen LogP contribution is 2.20. The summed E-state index contributed by atoms with van der Waals surface area (Å²) in [6.07, 6.45) is 1.56. The molecule has 0 saturated carbocycles. The van der Waals surface area contributed by atoms with Crippen LogP contribution in [0.1, 0.15) is 34.6 Å². The molecule has 0 bridgehead atoms. The summed E-state index contributed by atoms with van der Waals surface area (Å²) in [5, 5.41) is 12.1. The highest BCUT2D eigenvalue weighted by atomic mass is 16.5. The van der Waals surface area contributed by atoms with Crippen molar-refractivity contribution in [2.45, 2.75) is 13.0 Å². The molecule has 0 aliphatic carbocycles. The van der Waals surface area contributed by atoms with Crippen molar-refractivity contribution >= 4 is 11.7 Å². The predicted molar refractivity (Wildman–Crippen MR) is 78.8 cm³/mol. The number of hydrogen-bond donors (Lipinski definition) is 1. The molecular formula is C16H15N3O2. The zero-order valence-corrected chi connectivity index (χ0v) is 11.8. The third kappa shape index (κ3) is 3.57. The van der Waals surface area contributed by atoms with Gasteiger partial charge < -0.3 is 10.1 Å². The van der Waals surface area contributed by atoms with Gasteiger partial charge in [-0.15, -0.1) is 0 Å². The van der Waals surface area contributed by atoms with Crippen LogP contribution in [0, 0.1) is 11.3 Å². The van der Waals surface area contributed by atoms with Crippen molar-refractivity contribution < 1.29 is 9.53 Å². The number of hydrogen-bond acceptors (Lipinski definition) is 5. The third-order valence-electron chi connectivity index (χ3n) is 3.08. The summed E-state index contributed by atoms with van der Waals surface area (Å²) in [6.45, 7) is 2.00. The van der Waals surface area contributed by atoms with E-state index in [1.165, 1.54) is 7.11 Å². The molecular weight excluding hydrogens is 266 g/mol. The number of rotatable bonds is 4. The van der Waals surface area contributed by atoms with E-state index in [2.05, 4.69) is 21.1 Å². The second-order valence-electron chi connectivity index (χ2n) is 4.52. The first-order valence-electron chi connectivity index (χ1n) is 6.45. The van der Waals surface area contributed by atoms with Crippen LogP contribution < -0.4 is 5.32 Å². The Bertz CT molecular complexity index is 675. The zero-order chi connectivity index (χ0) is 15.2. The number of ether oxygens (including phenoxy) is 1. The lowest BCUT2D eigenvalue weighted by molar-refractivity contribution is 0.0594. The van der Waals surface area contributed by atoms with Gasteiger partial charge in [0, 0.05) is 17.9 Å². The molecule has 1 heterocycles. The molecule has 0 amide bonds. The molecule has 0 aliphatic rings. The Morgan fingerprint density at radius 1 is 1.33 bits per heavy atom. The second-order valence-corrected chi connectivity index (χ2v) is 4.52. The highest BCUT2D eigenvalue weighted by Gasteiger charge is 2.10. The molecule has 1 N–H and O–H groups in total. The largest absolute Gasteiger partial charge is 0.464 e. The van der Waals surface area contributed by atoms with E-state index < -0.39 is 5.97 Å². The van der Waals surface area contributed by atoms with Crippen LogP contribution in [-0.4, -0.2) is 18.1 Å². The maximum atomic E-state index is 11.4. The molecule has 21 heavy (non-hydrogen) atoms. The van der Waals surface area contributed by atoms with Crippen LogP contribution >= 0.6 is 0 Å². The standard InChI is InChI=1S/C16H15N3O2/c1-11(13-5-3-12(10-17)4-6-13)19-14-7-8-18-15(9-14)16(20)21-2/h3-9,11H,1-2H3,(H,18,19). The summed E-state index contributed by atoms with van der Waals surface area (Å²) in [7, 11) is 1.32. The SMILES string of the molecule is COC(=O)c1cc(NC(C)c2ccc(C#N)cc2)ccn1. The molecule has 1 aromatic carbocycles. The molecule has 5 nitrogen and oxygen atoms in total. The van der Waals surface area contributed by atoms with E-state index in [0.717, 1.165) is 11.3 Å². The van der Waals surface area contributed by atoms with Crippen molar-refractivity contribution in [1.29, 1.82) is 5.26 Å². The number of carbonyl (C=O) groups excluding carboxylic acids is 1. The number of nitrogens with one attached hydrogen (secondary N) is 1. The van der Waals surface area contributed by atoms with Gasteiger partial charge in [-0.1, -0.05) is 12.1 Å². The second kappa shape index (κ2) is 6.53. The summed E-state index contributed by atoms with van der Waals surface area (Å²) in [6, 6.07) is 12.9. The van der Waals surface area contributed by atoms with Crippen LogP contribution in [0.3, 0.4) is 0 Å². The molecule has 1 atom stereocenters. The highest BCUT2D eigenvalue weighted by molar-refractivity contribution is 5.88. The number of carbonyl (C=O) groups is 1. The van der Waals surface area contributed by atoms with Crippen molar-refractivity contribution in [2.75, 3.05) is 12.4 Å². The van der Waals surface area contributed by atoms with Crippen LogP contribution in [0.25, 0.3) is 0 Å². The molecule has 106 valence electrons. The molecule has 0 radical (unpaired) electrons. The quantitative estimate of drug-likeness (QED) is 0.872. The Morgan fingerprint density at radius 2 is 2.05 bits per heavy atom. The summed E-state index contributed by atoms with van der Waals surface area (Å²) < 4.78 is 4.65. The molecule has 0 saturated heterocycles. The number of aromatic nitrogens is 1. The van der Waals surface area contributed by atoms with E-state index in [1.807, 2.05) is 19.1 Å². The van der Waals surface area contributed by atoms with Crippen LogP contribution in [0.5, 0.6) is 0 Å². The lowest BCUT2D eigenvalue weighted by Crippen LogP contribution is -2.09. The third-order valence-corrected chi connectivity index (χ3v) is 3.08. The molecule has 1 unspecified atom stereocenters. The average Bonchev–Trinajstić information content (AvgIpc) is 2.54. The monoisotopic (exact) mass is 281 g/mol. The number of pyridine rings is 1. The molecule has 2 rings (SSSR count). The number of nitriles is 1. The van der Waals surface area contributed by atoms with Gasteiger partial charge in [-0.05, 0) is 36.8 Å². The Kier molecular flexibility index (Phi) is 4.52.